The summed E-state index contributed by atoms with van der Waals surface area (Å²) in [6, 6.07) is 17.3. The van der Waals surface area contributed by atoms with Crippen molar-refractivity contribution < 1.29 is 22.3 Å². The van der Waals surface area contributed by atoms with E-state index in [4.69, 9.17) is 4.74 Å². The van der Waals surface area contributed by atoms with E-state index >= 15 is 0 Å². The maximum absolute atomic E-state index is 13.5. The van der Waals surface area contributed by atoms with Crippen LogP contribution in [0.3, 0.4) is 0 Å². The molecule has 0 spiro atoms. The van der Waals surface area contributed by atoms with Gasteiger partial charge in [-0.15, -0.1) is 0 Å². The molecular formula is C25H28FN3O4S. The Morgan fingerprint density at radius 3 is 2.24 bits per heavy atom. The minimum Gasteiger partial charge on any atom is -0.497 e. The number of benzene rings is 3. The highest BCUT2D eigenvalue weighted by atomic mass is 32.2. The normalized spacial score (nSPS) is 12.3. The van der Waals surface area contributed by atoms with E-state index in [1.165, 1.54) is 31.2 Å². The number of hydrogen-bond donors (Lipinski definition) is 2. The number of anilines is 1. The molecule has 7 nitrogen and oxygen atoms in total. The molecule has 0 fully saturated rings. The van der Waals surface area contributed by atoms with Crippen molar-refractivity contribution >= 4 is 21.6 Å². The van der Waals surface area contributed by atoms with Gasteiger partial charge in [-0.25, -0.2) is 12.8 Å². The van der Waals surface area contributed by atoms with Crippen molar-refractivity contribution in [2.24, 2.45) is 0 Å². The first kappa shape index (κ1) is 25.2. The Morgan fingerprint density at radius 2 is 1.68 bits per heavy atom. The number of carbonyl (C=O) groups is 1. The Kier molecular flexibility index (Phi) is 7.90. The van der Waals surface area contributed by atoms with Crippen LogP contribution in [0.2, 0.25) is 0 Å². The minimum atomic E-state index is -3.88. The van der Waals surface area contributed by atoms with E-state index in [0.717, 1.165) is 17.4 Å². The minimum absolute atomic E-state index is 0.0403. The van der Waals surface area contributed by atoms with Crippen LogP contribution in [-0.2, 0) is 10.0 Å². The molecule has 0 aliphatic carbocycles. The summed E-state index contributed by atoms with van der Waals surface area (Å²) in [5, 5.41) is 2.93. The third kappa shape index (κ3) is 6.12. The van der Waals surface area contributed by atoms with Gasteiger partial charge in [-0.05, 0) is 86.7 Å². The highest BCUT2D eigenvalue weighted by Crippen LogP contribution is 2.22. The lowest BCUT2D eigenvalue weighted by atomic mass is 10.1. The Labute approximate surface area is 199 Å². The van der Waals surface area contributed by atoms with Crippen LogP contribution in [0.15, 0.2) is 71.6 Å². The van der Waals surface area contributed by atoms with Gasteiger partial charge < -0.3 is 15.0 Å². The molecule has 0 saturated heterocycles. The van der Waals surface area contributed by atoms with Gasteiger partial charge in [-0.3, -0.25) is 9.52 Å². The molecule has 0 aliphatic rings. The first-order valence-corrected chi connectivity index (χ1v) is 12.1. The molecule has 0 radical (unpaired) electrons. The van der Waals surface area contributed by atoms with E-state index in [1.54, 1.807) is 19.2 Å². The fraction of sp³-hybridized carbons (Fsp3) is 0.240. The van der Waals surface area contributed by atoms with Crippen molar-refractivity contribution in [3.63, 3.8) is 0 Å². The fourth-order valence-electron chi connectivity index (χ4n) is 3.40. The molecule has 3 rings (SSSR count). The van der Waals surface area contributed by atoms with Crippen LogP contribution in [0, 0.1) is 12.7 Å². The summed E-state index contributed by atoms with van der Waals surface area (Å²) in [6.07, 6.45) is 0. The molecule has 1 amide bonds. The number of halogens is 1. The summed E-state index contributed by atoms with van der Waals surface area (Å²) in [5.41, 5.74) is 1.96. The zero-order chi connectivity index (χ0) is 24.9. The van der Waals surface area contributed by atoms with Crippen LogP contribution in [0.5, 0.6) is 5.75 Å². The number of likely N-dealkylation sites (N-methyl/N-ethyl adjacent to an activating group) is 1. The van der Waals surface area contributed by atoms with E-state index in [1.807, 2.05) is 43.3 Å². The van der Waals surface area contributed by atoms with Crippen LogP contribution in [-0.4, -0.2) is 47.0 Å². The Bertz CT molecular complexity index is 1240. The van der Waals surface area contributed by atoms with Gasteiger partial charge in [-0.1, -0.05) is 12.1 Å². The number of aryl methyl sites for hydroxylation is 1. The zero-order valence-corrected chi connectivity index (χ0v) is 20.3. The third-order valence-electron chi connectivity index (χ3n) is 5.42. The average Bonchev–Trinajstić information content (AvgIpc) is 2.81. The number of ether oxygens (including phenoxy) is 1. The van der Waals surface area contributed by atoms with Crippen molar-refractivity contribution in [1.29, 1.82) is 0 Å². The number of nitrogens with zero attached hydrogens (tertiary/aromatic N) is 1. The molecule has 34 heavy (non-hydrogen) atoms. The second-order valence-corrected chi connectivity index (χ2v) is 9.74. The van der Waals surface area contributed by atoms with Gasteiger partial charge in [0.05, 0.1) is 18.0 Å². The lowest BCUT2D eigenvalue weighted by molar-refractivity contribution is 0.0942. The summed E-state index contributed by atoms with van der Waals surface area (Å²) in [5.74, 6) is 0.0114. The number of hydrogen-bond acceptors (Lipinski definition) is 5. The number of amides is 1. The second-order valence-electron chi connectivity index (χ2n) is 8.06. The Balaban J connectivity index is 1.65. The van der Waals surface area contributed by atoms with Crippen molar-refractivity contribution in [3.8, 4) is 5.75 Å². The predicted molar refractivity (Wildman–Crippen MR) is 130 cm³/mol. The first-order valence-electron chi connectivity index (χ1n) is 10.6. The predicted octanol–water partition coefficient (Wildman–Crippen LogP) is 3.98. The van der Waals surface area contributed by atoms with E-state index in [-0.39, 0.29) is 22.4 Å². The average molecular weight is 486 g/mol. The first-order chi connectivity index (χ1) is 16.1. The molecule has 0 aliphatic heterocycles. The van der Waals surface area contributed by atoms with Crippen molar-refractivity contribution in [1.82, 2.24) is 10.2 Å². The number of sulfonamides is 1. The molecule has 0 bridgehead atoms. The highest BCUT2D eigenvalue weighted by Gasteiger charge is 2.18. The molecular weight excluding hydrogens is 457 g/mol. The number of methoxy groups -OCH3 is 1. The molecule has 2 N–H and O–H groups in total. The van der Waals surface area contributed by atoms with E-state index in [9.17, 15) is 17.6 Å². The number of carbonyl (C=O) groups excluding carboxylic acids is 1. The summed E-state index contributed by atoms with van der Waals surface area (Å²) in [4.78, 5) is 14.6. The molecule has 0 aromatic heterocycles. The lowest BCUT2D eigenvalue weighted by Gasteiger charge is -2.25. The third-order valence-corrected chi connectivity index (χ3v) is 6.80. The van der Waals surface area contributed by atoms with Gasteiger partial charge in [-0.2, -0.15) is 0 Å². The SMILES string of the molecule is COc1ccc([C@H](CNC(=O)c2ccc(NS(=O)(=O)c3ccc(F)c(C)c3)cc2)N(C)C)cc1. The quantitative estimate of drug-likeness (QED) is 0.479. The van der Waals surface area contributed by atoms with E-state index in [2.05, 4.69) is 10.0 Å². The molecule has 0 saturated carbocycles. The molecule has 0 heterocycles. The highest BCUT2D eigenvalue weighted by molar-refractivity contribution is 7.92. The van der Waals surface area contributed by atoms with Crippen LogP contribution < -0.4 is 14.8 Å². The summed E-state index contributed by atoms with van der Waals surface area (Å²) in [6.45, 7) is 1.88. The molecule has 3 aromatic carbocycles. The molecule has 1 atom stereocenters. The maximum Gasteiger partial charge on any atom is 0.261 e. The standard InChI is InChI=1S/C25H28FN3O4S/c1-17-15-22(13-14-23(17)26)34(31,32)28-20-9-5-19(6-10-20)25(30)27-16-24(29(2)3)18-7-11-21(33-4)12-8-18/h5-15,24,28H,16H2,1-4H3,(H,27,30)/t24-/m0/s1. The van der Waals surface area contributed by atoms with E-state index in [0.29, 0.717) is 17.8 Å². The fourth-order valence-corrected chi connectivity index (χ4v) is 4.55. The zero-order valence-electron chi connectivity index (χ0n) is 19.5. The maximum atomic E-state index is 13.5. The summed E-state index contributed by atoms with van der Waals surface area (Å²) < 4.78 is 46.3. The van der Waals surface area contributed by atoms with Crippen LogP contribution in [0.4, 0.5) is 10.1 Å². The molecule has 0 unspecified atom stereocenters. The largest absolute Gasteiger partial charge is 0.497 e. The topological polar surface area (TPSA) is 87.7 Å². The van der Waals surface area contributed by atoms with Gasteiger partial charge in [0.25, 0.3) is 15.9 Å². The lowest BCUT2D eigenvalue weighted by Crippen LogP contribution is -2.34. The molecule has 180 valence electrons. The van der Waals surface area contributed by atoms with Crippen molar-refractivity contribution in [3.05, 3.63) is 89.2 Å². The van der Waals surface area contributed by atoms with Crippen LogP contribution in [0.1, 0.15) is 27.5 Å². The van der Waals surface area contributed by atoms with Gasteiger partial charge in [0.1, 0.15) is 11.6 Å². The Hall–Kier alpha value is -3.43. The summed E-state index contributed by atoms with van der Waals surface area (Å²) >= 11 is 0. The van der Waals surface area contributed by atoms with Crippen LogP contribution in [0.25, 0.3) is 0 Å². The van der Waals surface area contributed by atoms with Gasteiger partial charge in [0.15, 0.2) is 0 Å². The summed E-state index contributed by atoms with van der Waals surface area (Å²) in [7, 11) is 1.60. The smallest absolute Gasteiger partial charge is 0.261 e. The van der Waals surface area contributed by atoms with E-state index < -0.39 is 15.8 Å². The van der Waals surface area contributed by atoms with Gasteiger partial charge >= 0.3 is 0 Å². The molecule has 9 heteroatoms. The van der Waals surface area contributed by atoms with Crippen molar-refractivity contribution in [2.45, 2.75) is 17.9 Å². The second kappa shape index (κ2) is 10.7. The van der Waals surface area contributed by atoms with Gasteiger partial charge in [0.2, 0.25) is 0 Å². The Morgan fingerprint density at radius 1 is 1.03 bits per heavy atom. The van der Waals surface area contributed by atoms with Crippen molar-refractivity contribution in [2.75, 3.05) is 32.5 Å². The number of nitrogens with one attached hydrogen (secondary N) is 2. The number of rotatable bonds is 9. The van der Waals surface area contributed by atoms with Crippen LogP contribution >= 0.6 is 0 Å². The molecule has 3 aromatic rings. The van der Waals surface area contributed by atoms with Gasteiger partial charge in [0, 0.05) is 17.8 Å². The monoisotopic (exact) mass is 485 g/mol.